The molecule has 0 spiro atoms. The van der Waals surface area contributed by atoms with E-state index in [1.807, 2.05) is 6.07 Å². The van der Waals surface area contributed by atoms with Crippen molar-refractivity contribution in [2.24, 2.45) is 0 Å². The number of carbonyl (C=O) groups is 2. The molecule has 0 aliphatic rings. The summed E-state index contributed by atoms with van der Waals surface area (Å²) < 4.78 is 9.99. The Morgan fingerprint density at radius 1 is 1.33 bits per heavy atom. The van der Waals surface area contributed by atoms with Crippen molar-refractivity contribution >= 4 is 29.0 Å². The molecule has 2 rings (SSSR count). The molecule has 0 fully saturated rings. The van der Waals surface area contributed by atoms with Gasteiger partial charge in [0.15, 0.2) is 5.69 Å². The standard InChI is InChI=1S/C18H20N4O4S/c1-3-26-17(23)15-12-27-16(21-15)11-22(8-9-25-2)18(24)20-14-6-4-13(10-19)5-7-14/h4-7,12H,3,8-9,11H2,1-2H3,(H,20,24). The maximum Gasteiger partial charge on any atom is 0.357 e. The Morgan fingerprint density at radius 3 is 2.70 bits per heavy atom. The molecule has 0 saturated carbocycles. The number of anilines is 1. The maximum atomic E-state index is 12.6. The number of carbonyl (C=O) groups excluding carboxylic acids is 2. The molecule has 0 aliphatic heterocycles. The Labute approximate surface area is 161 Å². The number of aromatic nitrogens is 1. The number of rotatable bonds is 8. The van der Waals surface area contributed by atoms with Gasteiger partial charge in [-0.1, -0.05) is 0 Å². The molecule has 8 nitrogen and oxygen atoms in total. The Kier molecular flexibility index (Phi) is 7.73. The van der Waals surface area contributed by atoms with Crippen LogP contribution in [0.1, 0.15) is 28.0 Å². The molecular formula is C18H20N4O4S. The number of hydrogen-bond acceptors (Lipinski definition) is 7. The van der Waals surface area contributed by atoms with E-state index in [1.54, 1.807) is 43.7 Å². The van der Waals surface area contributed by atoms with Crippen molar-refractivity contribution in [1.82, 2.24) is 9.88 Å². The molecule has 1 aromatic carbocycles. The van der Waals surface area contributed by atoms with E-state index >= 15 is 0 Å². The van der Waals surface area contributed by atoms with Crippen molar-refractivity contribution < 1.29 is 19.1 Å². The topological polar surface area (TPSA) is 105 Å². The summed E-state index contributed by atoms with van der Waals surface area (Å²) in [6, 6.07) is 8.27. The second kappa shape index (κ2) is 10.3. The molecule has 1 heterocycles. The largest absolute Gasteiger partial charge is 0.461 e. The van der Waals surface area contributed by atoms with Gasteiger partial charge in [-0.15, -0.1) is 11.3 Å². The fourth-order valence-electron chi connectivity index (χ4n) is 2.13. The third-order valence-corrected chi connectivity index (χ3v) is 4.31. The van der Waals surface area contributed by atoms with Crippen molar-refractivity contribution in [3.63, 3.8) is 0 Å². The number of thiazole rings is 1. The number of urea groups is 1. The van der Waals surface area contributed by atoms with E-state index in [0.717, 1.165) is 0 Å². The van der Waals surface area contributed by atoms with Crippen LogP contribution in [0.2, 0.25) is 0 Å². The predicted molar refractivity (Wildman–Crippen MR) is 101 cm³/mol. The zero-order valence-electron chi connectivity index (χ0n) is 15.1. The van der Waals surface area contributed by atoms with E-state index in [0.29, 0.717) is 29.4 Å². The lowest BCUT2D eigenvalue weighted by atomic mass is 10.2. The van der Waals surface area contributed by atoms with Gasteiger partial charge in [0.05, 0.1) is 31.4 Å². The highest BCUT2D eigenvalue weighted by Gasteiger charge is 2.18. The third-order valence-electron chi connectivity index (χ3n) is 3.48. The molecule has 0 saturated heterocycles. The van der Waals surface area contributed by atoms with Crippen LogP contribution in [-0.4, -0.2) is 48.8 Å². The zero-order chi connectivity index (χ0) is 19.6. The van der Waals surface area contributed by atoms with Gasteiger partial charge in [-0.05, 0) is 31.2 Å². The average molecular weight is 388 g/mol. The van der Waals surface area contributed by atoms with Crippen molar-refractivity contribution in [3.8, 4) is 6.07 Å². The highest BCUT2D eigenvalue weighted by atomic mass is 32.1. The first-order valence-electron chi connectivity index (χ1n) is 8.24. The number of nitriles is 1. The summed E-state index contributed by atoms with van der Waals surface area (Å²) in [6.45, 7) is 2.95. The van der Waals surface area contributed by atoms with Crippen LogP contribution in [0, 0.1) is 11.3 Å². The molecule has 0 bridgehead atoms. The van der Waals surface area contributed by atoms with Gasteiger partial charge >= 0.3 is 12.0 Å². The second-order valence-corrected chi connectivity index (χ2v) is 6.32. The first kappa shape index (κ1) is 20.4. The molecule has 0 radical (unpaired) electrons. The van der Waals surface area contributed by atoms with Crippen molar-refractivity contribution in [2.75, 3.05) is 32.2 Å². The summed E-state index contributed by atoms with van der Waals surface area (Å²) in [6.07, 6.45) is 0. The van der Waals surface area contributed by atoms with Gasteiger partial charge in [-0.2, -0.15) is 5.26 Å². The SMILES string of the molecule is CCOC(=O)c1csc(CN(CCOC)C(=O)Nc2ccc(C#N)cc2)n1. The summed E-state index contributed by atoms with van der Waals surface area (Å²) in [7, 11) is 1.55. The third kappa shape index (κ3) is 6.06. The van der Waals surface area contributed by atoms with E-state index < -0.39 is 5.97 Å². The number of amides is 2. The van der Waals surface area contributed by atoms with E-state index in [9.17, 15) is 9.59 Å². The highest BCUT2D eigenvalue weighted by Crippen LogP contribution is 2.15. The molecule has 2 amide bonds. The van der Waals surface area contributed by atoms with Crippen LogP contribution in [0.3, 0.4) is 0 Å². The van der Waals surface area contributed by atoms with Gasteiger partial charge in [-0.3, -0.25) is 0 Å². The van der Waals surface area contributed by atoms with Crippen molar-refractivity contribution in [3.05, 3.63) is 45.9 Å². The van der Waals surface area contributed by atoms with E-state index in [2.05, 4.69) is 10.3 Å². The molecule has 2 aromatic rings. The van der Waals surface area contributed by atoms with Crippen molar-refractivity contribution in [2.45, 2.75) is 13.5 Å². The molecule has 0 atom stereocenters. The Hall–Kier alpha value is -2.96. The molecule has 0 unspecified atom stereocenters. The van der Waals surface area contributed by atoms with Crippen LogP contribution in [0.5, 0.6) is 0 Å². The smallest absolute Gasteiger partial charge is 0.357 e. The quantitative estimate of drug-likeness (QED) is 0.697. The normalized spacial score (nSPS) is 10.1. The van der Waals surface area contributed by atoms with Crippen LogP contribution in [0.15, 0.2) is 29.6 Å². The average Bonchev–Trinajstić information content (AvgIpc) is 3.14. The van der Waals surface area contributed by atoms with E-state index in [-0.39, 0.29) is 24.9 Å². The van der Waals surface area contributed by atoms with Gasteiger partial charge in [0.25, 0.3) is 0 Å². The number of methoxy groups -OCH3 is 1. The number of benzene rings is 1. The van der Waals surface area contributed by atoms with Crippen LogP contribution < -0.4 is 5.32 Å². The Morgan fingerprint density at radius 2 is 2.07 bits per heavy atom. The summed E-state index contributed by atoms with van der Waals surface area (Å²) in [5.41, 5.74) is 1.32. The molecule has 27 heavy (non-hydrogen) atoms. The molecule has 0 aliphatic carbocycles. The Bertz CT molecular complexity index is 814. The summed E-state index contributed by atoms with van der Waals surface area (Å²) >= 11 is 1.28. The zero-order valence-corrected chi connectivity index (χ0v) is 15.9. The highest BCUT2D eigenvalue weighted by molar-refractivity contribution is 7.09. The van der Waals surface area contributed by atoms with Gasteiger partial charge in [0.2, 0.25) is 0 Å². The second-order valence-electron chi connectivity index (χ2n) is 5.38. The van der Waals surface area contributed by atoms with Crippen LogP contribution in [0.4, 0.5) is 10.5 Å². The van der Waals surface area contributed by atoms with E-state index in [4.69, 9.17) is 14.7 Å². The van der Waals surface area contributed by atoms with Gasteiger partial charge in [0, 0.05) is 24.7 Å². The first-order chi connectivity index (χ1) is 13.1. The number of ether oxygens (including phenoxy) is 2. The lowest BCUT2D eigenvalue weighted by molar-refractivity contribution is 0.0520. The fraction of sp³-hybridized carbons (Fsp3) is 0.333. The lowest BCUT2D eigenvalue weighted by Gasteiger charge is -2.21. The molecule has 9 heteroatoms. The van der Waals surface area contributed by atoms with E-state index in [1.165, 1.54) is 16.2 Å². The molecule has 1 aromatic heterocycles. The van der Waals surface area contributed by atoms with Crippen LogP contribution in [-0.2, 0) is 16.0 Å². The number of nitrogens with one attached hydrogen (secondary N) is 1. The van der Waals surface area contributed by atoms with Gasteiger partial charge < -0.3 is 19.7 Å². The number of hydrogen-bond donors (Lipinski definition) is 1. The van der Waals surface area contributed by atoms with Crippen molar-refractivity contribution in [1.29, 1.82) is 5.26 Å². The predicted octanol–water partition coefficient (Wildman–Crippen LogP) is 2.87. The van der Waals surface area contributed by atoms with Gasteiger partial charge in [0.1, 0.15) is 5.01 Å². The summed E-state index contributed by atoms with van der Waals surface area (Å²) in [5.74, 6) is -0.481. The minimum absolute atomic E-state index is 0.232. The number of nitrogens with zero attached hydrogens (tertiary/aromatic N) is 3. The van der Waals surface area contributed by atoms with Crippen LogP contribution in [0.25, 0.3) is 0 Å². The molecule has 1 N–H and O–H groups in total. The first-order valence-corrected chi connectivity index (χ1v) is 9.12. The maximum absolute atomic E-state index is 12.6. The monoisotopic (exact) mass is 388 g/mol. The minimum Gasteiger partial charge on any atom is -0.461 e. The fourth-order valence-corrected chi connectivity index (χ4v) is 2.91. The molecule has 142 valence electrons. The molecular weight excluding hydrogens is 368 g/mol. The summed E-state index contributed by atoms with van der Waals surface area (Å²) in [4.78, 5) is 30.1. The lowest BCUT2D eigenvalue weighted by Crippen LogP contribution is -2.36. The van der Waals surface area contributed by atoms with Crippen LogP contribution >= 0.6 is 11.3 Å². The number of esters is 1. The minimum atomic E-state index is -0.481. The Balaban J connectivity index is 2.06. The summed E-state index contributed by atoms with van der Waals surface area (Å²) in [5, 5.41) is 13.8. The van der Waals surface area contributed by atoms with Gasteiger partial charge in [-0.25, -0.2) is 14.6 Å².